The minimum absolute atomic E-state index is 0.898. The van der Waals surface area contributed by atoms with Crippen molar-refractivity contribution in [2.75, 3.05) is 0 Å². The maximum absolute atomic E-state index is 2.28. The summed E-state index contributed by atoms with van der Waals surface area (Å²) in [7, 11) is 0. The van der Waals surface area contributed by atoms with Gasteiger partial charge in [0, 0.05) is 30.7 Å². The molecule has 108 valence electrons. The molecule has 22 heavy (non-hydrogen) atoms. The lowest BCUT2D eigenvalue weighted by atomic mass is 10.1. The van der Waals surface area contributed by atoms with Gasteiger partial charge in [-0.1, -0.05) is 60.2 Å². The highest BCUT2D eigenvalue weighted by Gasteiger charge is 2.06. The van der Waals surface area contributed by atoms with Crippen LogP contribution in [0, 0.1) is 6.92 Å². The van der Waals surface area contributed by atoms with Crippen molar-refractivity contribution in [2.24, 2.45) is 0 Å². The number of fused-ring (bicyclic) bond motifs is 1. The Morgan fingerprint density at radius 2 is 1.59 bits per heavy atom. The fourth-order valence-corrected chi connectivity index (χ4v) is 2.86. The second kappa shape index (κ2) is 5.23. The molecule has 0 saturated carbocycles. The number of aryl methyl sites for hydroxylation is 1. The van der Waals surface area contributed by atoms with Gasteiger partial charge in [-0.25, -0.2) is 0 Å². The number of hydrogen-bond donors (Lipinski definition) is 0. The maximum atomic E-state index is 2.28. The van der Waals surface area contributed by atoms with Crippen LogP contribution in [0.1, 0.15) is 11.1 Å². The molecule has 0 amide bonds. The Balaban J connectivity index is 1.71. The Labute approximate surface area is 130 Å². The number of hydrogen-bond acceptors (Lipinski definition) is 0. The van der Waals surface area contributed by atoms with Crippen molar-refractivity contribution in [3.8, 4) is 11.1 Å². The maximum Gasteiger partial charge on any atom is 0.117 e. The van der Waals surface area contributed by atoms with Gasteiger partial charge in [-0.3, -0.25) is 0 Å². The monoisotopic (exact) mass is 286 g/mol. The van der Waals surface area contributed by atoms with Gasteiger partial charge < -0.3 is 8.97 Å². The summed E-state index contributed by atoms with van der Waals surface area (Å²) in [4.78, 5) is 0. The van der Waals surface area contributed by atoms with Crippen molar-refractivity contribution in [3.05, 3.63) is 90.4 Å². The molecule has 0 bridgehead atoms. The summed E-state index contributed by atoms with van der Waals surface area (Å²) in [6, 6.07) is 21.5. The Kier molecular flexibility index (Phi) is 3.08. The molecular weight excluding hydrogens is 268 g/mol. The molecule has 0 fully saturated rings. The molecule has 4 rings (SSSR count). The molecule has 0 radical (unpaired) electrons. The molecule has 4 aromatic rings. The van der Waals surface area contributed by atoms with E-state index in [4.69, 9.17) is 0 Å². The second-order valence-corrected chi connectivity index (χ2v) is 5.77. The van der Waals surface area contributed by atoms with Gasteiger partial charge in [0.1, 0.15) is 5.65 Å². The number of imidazole rings is 1. The number of nitrogens with zero attached hydrogens (tertiary/aromatic N) is 2. The minimum Gasteiger partial charge on any atom is -0.328 e. The van der Waals surface area contributed by atoms with Crippen molar-refractivity contribution < 1.29 is 0 Å². The fraction of sp³-hybridized carbons (Fsp3) is 0.100. The molecule has 0 atom stereocenters. The van der Waals surface area contributed by atoms with Gasteiger partial charge in [0.15, 0.2) is 0 Å². The first kappa shape index (κ1) is 13.0. The molecule has 0 saturated heterocycles. The minimum atomic E-state index is 0.898. The van der Waals surface area contributed by atoms with Crippen molar-refractivity contribution in [3.63, 3.8) is 0 Å². The lowest BCUT2D eigenvalue weighted by Gasteiger charge is -2.03. The summed E-state index contributed by atoms with van der Waals surface area (Å²) in [5.41, 5.74) is 6.36. The average Bonchev–Trinajstić information content (AvgIpc) is 3.11. The summed E-state index contributed by atoms with van der Waals surface area (Å²) in [6.45, 7) is 3.02. The van der Waals surface area contributed by atoms with E-state index < -0.39 is 0 Å². The number of rotatable bonds is 3. The van der Waals surface area contributed by atoms with Crippen LogP contribution in [0.4, 0.5) is 0 Å². The Morgan fingerprint density at radius 1 is 0.818 bits per heavy atom. The van der Waals surface area contributed by atoms with Crippen molar-refractivity contribution >= 4 is 5.65 Å². The Hall–Kier alpha value is -2.74. The Morgan fingerprint density at radius 3 is 2.36 bits per heavy atom. The standard InChI is InChI=1S/C20H18N2/c1-16-7-9-18(10-8-16)19-13-20-21(11-12-22(20)15-19)14-17-5-3-2-4-6-17/h2-13,15H,14H2,1H3. The molecule has 2 nitrogen and oxygen atoms in total. The van der Waals surface area contributed by atoms with Crippen LogP contribution < -0.4 is 0 Å². The second-order valence-electron chi connectivity index (χ2n) is 5.77. The van der Waals surface area contributed by atoms with Crippen molar-refractivity contribution in [1.82, 2.24) is 8.97 Å². The summed E-state index contributed by atoms with van der Waals surface area (Å²) in [6.07, 6.45) is 6.46. The lowest BCUT2D eigenvalue weighted by molar-refractivity contribution is 0.831. The van der Waals surface area contributed by atoms with Gasteiger partial charge >= 0.3 is 0 Å². The summed E-state index contributed by atoms with van der Waals surface area (Å²) < 4.78 is 4.48. The van der Waals surface area contributed by atoms with E-state index >= 15 is 0 Å². The molecule has 0 aliphatic carbocycles. The van der Waals surface area contributed by atoms with E-state index in [1.807, 2.05) is 0 Å². The average molecular weight is 286 g/mol. The van der Waals surface area contributed by atoms with Gasteiger partial charge in [-0.15, -0.1) is 0 Å². The predicted molar refractivity (Wildman–Crippen MR) is 91.1 cm³/mol. The smallest absolute Gasteiger partial charge is 0.117 e. The van der Waals surface area contributed by atoms with Crippen molar-refractivity contribution in [2.45, 2.75) is 13.5 Å². The highest BCUT2D eigenvalue weighted by Crippen LogP contribution is 2.24. The third-order valence-corrected chi connectivity index (χ3v) is 4.11. The van der Waals surface area contributed by atoms with Gasteiger partial charge in [0.25, 0.3) is 0 Å². The summed E-state index contributed by atoms with van der Waals surface area (Å²) >= 11 is 0. The van der Waals surface area contributed by atoms with Crippen LogP contribution in [-0.2, 0) is 6.54 Å². The Bertz CT molecular complexity index is 896. The van der Waals surface area contributed by atoms with Crippen molar-refractivity contribution in [1.29, 1.82) is 0 Å². The van der Waals surface area contributed by atoms with Crippen LogP contribution in [-0.4, -0.2) is 8.97 Å². The van der Waals surface area contributed by atoms with E-state index in [1.165, 1.54) is 27.9 Å². The first-order chi connectivity index (χ1) is 10.8. The van der Waals surface area contributed by atoms with E-state index in [0.717, 1.165) is 6.54 Å². The third kappa shape index (κ3) is 2.33. The SMILES string of the molecule is Cc1ccc(-c2cc3n(Cc4ccccc4)ccn3c2)cc1. The zero-order valence-corrected chi connectivity index (χ0v) is 12.6. The zero-order valence-electron chi connectivity index (χ0n) is 12.6. The highest BCUT2D eigenvalue weighted by atomic mass is 15.1. The van der Waals surface area contributed by atoms with E-state index in [1.54, 1.807) is 0 Å². The molecule has 2 aromatic carbocycles. The van der Waals surface area contributed by atoms with Gasteiger partial charge in [-0.2, -0.15) is 0 Å². The normalized spacial score (nSPS) is 11.1. The van der Waals surface area contributed by atoms with E-state index in [-0.39, 0.29) is 0 Å². The molecule has 0 N–H and O–H groups in total. The third-order valence-electron chi connectivity index (χ3n) is 4.11. The first-order valence-corrected chi connectivity index (χ1v) is 7.57. The fourth-order valence-electron chi connectivity index (χ4n) is 2.86. The van der Waals surface area contributed by atoms with Crippen LogP contribution >= 0.6 is 0 Å². The van der Waals surface area contributed by atoms with E-state index in [9.17, 15) is 0 Å². The molecule has 0 aliphatic heterocycles. The number of benzene rings is 2. The summed E-state index contributed by atoms with van der Waals surface area (Å²) in [5, 5.41) is 0. The quantitative estimate of drug-likeness (QED) is 0.513. The molecule has 2 heterocycles. The molecule has 0 unspecified atom stereocenters. The summed E-state index contributed by atoms with van der Waals surface area (Å²) in [5.74, 6) is 0. The van der Waals surface area contributed by atoms with Crippen LogP contribution in [0.2, 0.25) is 0 Å². The topological polar surface area (TPSA) is 9.34 Å². The number of aromatic nitrogens is 2. The molecule has 0 spiro atoms. The van der Waals surface area contributed by atoms with Crippen LogP contribution in [0.5, 0.6) is 0 Å². The van der Waals surface area contributed by atoms with Crippen LogP contribution in [0.25, 0.3) is 16.8 Å². The first-order valence-electron chi connectivity index (χ1n) is 7.57. The largest absolute Gasteiger partial charge is 0.328 e. The van der Waals surface area contributed by atoms with Crippen LogP contribution in [0.3, 0.4) is 0 Å². The molecule has 0 aliphatic rings. The molecule has 2 heteroatoms. The van der Waals surface area contributed by atoms with E-state index in [2.05, 4.69) is 95.1 Å². The van der Waals surface area contributed by atoms with Gasteiger partial charge in [0.2, 0.25) is 0 Å². The highest BCUT2D eigenvalue weighted by molar-refractivity contribution is 5.69. The zero-order chi connectivity index (χ0) is 14.9. The van der Waals surface area contributed by atoms with Gasteiger partial charge in [0.05, 0.1) is 0 Å². The predicted octanol–water partition coefficient (Wildman–Crippen LogP) is 4.76. The lowest BCUT2D eigenvalue weighted by Crippen LogP contribution is -1.97. The van der Waals surface area contributed by atoms with Gasteiger partial charge in [-0.05, 0) is 24.1 Å². The molecule has 2 aromatic heterocycles. The van der Waals surface area contributed by atoms with E-state index in [0.29, 0.717) is 0 Å². The van der Waals surface area contributed by atoms with Crippen LogP contribution in [0.15, 0.2) is 79.3 Å². The molecular formula is C20H18N2.